The number of azo groups is 1. The highest BCUT2D eigenvalue weighted by Gasteiger charge is 2.26. The van der Waals surface area contributed by atoms with Crippen molar-refractivity contribution in [3.63, 3.8) is 0 Å². The summed E-state index contributed by atoms with van der Waals surface area (Å²) in [4.78, 5) is 4.79. The van der Waals surface area contributed by atoms with Gasteiger partial charge in [0, 0.05) is 16.7 Å². The van der Waals surface area contributed by atoms with E-state index < -0.39 is 0 Å². The molecule has 0 aliphatic carbocycles. The molecule has 0 saturated heterocycles. The number of rotatable bonds is 18. The molecule has 0 radical (unpaired) electrons. The number of thioether (sulfide) groups is 1. The van der Waals surface area contributed by atoms with Gasteiger partial charge in [0.05, 0.1) is 5.69 Å². The average molecular weight is 609 g/mol. The predicted molar refractivity (Wildman–Crippen MR) is 177 cm³/mol. The fourth-order valence-corrected chi connectivity index (χ4v) is 6.98. The SMILES string of the molecule is CCCCCCCCC(CCCCCC)CSc1nnc(N=Nc2c(C(C)(C)C)[nH]n3nc(-c4ccccc4)nc23)s1. The van der Waals surface area contributed by atoms with Crippen LogP contribution in [-0.4, -0.2) is 35.8 Å². The highest BCUT2D eigenvalue weighted by molar-refractivity contribution is 8.01. The summed E-state index contributed by atoms with van der Waals surface area (Å²) in [6.45, 7) is 11.0. The lowest BCUT2D eigenvalue weighted by molar-refractivity contribution is 0.440. The first-order chi connectivity index (χ1) is 20.4. The van der Waals surface area contributed by atoms with Crippen LogP contribution in [0.25, 0.3) is 17.0 Å². The van der Waals surface area contributed by atoms with E-state index >= 15 is 0 Å². The lowest BCUT2D eigenvalue weighted by Gasteiger charge is -2.16. The van der Waals surface area contributed by atoms with Gasteiger partial charge in [0.2, 0.25) is 5.65 Å². The fourth-order valence-electron chi connectivity index (χ4n) is 5.11. The summed E-state index contributed by atoms with van der Waals surface area (Å²) < 4.78 is 2.66. The molecule has 1 N–H and O–H groups in total. The number of hydrogen-bond acceptors (Lipinski definition) is 8. The van der Waals surface area contributed by atoms with Crippen molar-refractivity contribution in [2.24, 2.45) is 16.1 Å². The van der Waals surface area contributed by atoms with Gasteiger partial charge in [-0.25, -0.2) is 4.98 Å². The number of nitrogens with one attached hydrogen (secondary N) is 1. The van der Waals surface area contributed by atoms with Crippen LogP contribution in [0.2, 0.25) is 0 Å². The summed E-state index contributed by atoms with van der Waals surface area (Å²) in [5.74, 6) is 2.49. The standard InChI is InChI=1S/C32H48N8S2/c1-6-8-10-12-13-16-20-24(19-15-11-9-7-2)23-41-31-37-36-30(42-31)35-34-26-27(32(3,4)5)38-40-29(26)33-28(39-40)25-21-17-14-18-22-25/h14,17-18,21-22,24,38H,6-13,15-16,19-20,23H2,1-5H3. The first-order valence-corrected chi connectivity index (χ1v) is 17.6. The fraction of sp³-hybridized carbons (Fsp3) is 0.625. The Morgan fingerprint density at radius 2 is 1.55 bits per heavy atom. The molecule has 228 valence electrons. The van der Waals surface area contributed by atoms with Crippen molar-refractivity contribution in [3.05, 3.63) is 36.0 Å². The number of nitrogens with zero attached hydrogens (tertiary/aromatic N) is 7. The third-order valence-corrected chi connectivity index (χ3v) is 9.73. The minimum Gasteiger partial charge on any atom is -0.277 e. The van der Waals surface area contributed by atoms with E-state index in [9.17, 15) is 0 Å². The number of fused-ring (bicyclic) bond motifs is 1. The zero-order valence-electron chi connectivity index (χ0n) is 26.1. The van der Waals surface area contributed by atoms with E-state index in [4.69, 9.17) is 4.98 Å². The zero-order chi connectivity index (χ0) is 29.8. The van der Waals surface area contributed by atoms with Gasteiger partial charge < -0.3 is 0 Å². The van der Waals surface area contributed by atoms with Crippen molar-refractivity contribution in [2.45, 2.75) is 121 Å². The van der Waals surface area contributed by atoms with E-state index in [1.807, 2.05) is 42.1 Å². The number of aromatic nitrogens is 6. The second-order valence-corrected chi connectivity index (χ2v) is 14.5. The Kier molecular flexibility index (Phi) is 12.6. The largest absolute Gasteiger partial charge is 0.277 e. The van der Waals surface area contributed by atoms with Crippen LogP contribution < -0.4 is 0 Å². The minimum atomic E-state index is -0.187. The van der Waals surface area contributed by atoms with Gasteiger partial charge in [-0.2, -0.15) is 4.63 Å². The van der Waals surface area contributed by atoms with Crippen LogP contribution in [0.15, 0.2) is 44.9 Å². The van der Waals surface area contributed by atoms with Gasteiger partial charge >= 0.3 is 0 Å². The molecule has 3 heterocycles. The Bertz CT molecular complexity index is 1370. The lowest BCUT2D eigenvalue weighted by Crippen LogP contribution is -2.12. The number of H-pyrrole nitrogens is 1. The smallest absolute Gasteiger partial charge is 0.252 e. The molecular formula is C32H48N8S2. The van der Waals surface area contributed by atoms with Gasteiger partial charge in [-0.3, -0.25) is 5.10 Å². The van der Waals surface area contributed by atoms with E-state index in [2.05, 4.69) is 65.2 Å². The zero-order valence-corrected chi connectivity index (χ0v) is 27.7. The molecule has 10 heteroatoms. The van der Waals surface area contributed by atoms with Crippen molar-refractivity contribution < 1.29 is 0 Å². The van der Waals surface area contributed by atoms with Crippen molar-refractivity contribution in [1.29, 1.82) is 0 Å². The van der Waals surface area contributed by atoms with Crippen LogP contribution in [0.1, 0.15) is 117 Å². The first kappa shape index (κ1) is 32.3. The Balaban J connectivity index is 1.41. The summed E-state index contributed by atoms with van der Waals surface area (Å²) in [6, 6.07) is 9.97. The van der Waals surface area contributed by atoms with Crippen molar-refractivity contribution in [3.8, 4) is 11.4 Å². The summed E-state index contributed by atoms with van der Waals surface area (Å²) in [6.07, 6.45) is 16.1. The van der Waals surface area contributed by atoms with Crippen LogP contribution in [0.4, 0.5) is 10.8 Å². The van der Waals surface area contributed by atoms with Gasteiger partial charge in [0.15, 0.2) is 15.9 Å². The van der Waals surface area contributed by atoms with Gasteiger partial charge in [0.1, 0.15) is 0 Å². The molecule has 0 saturated carbocycles. The van der Waals surface area contributed by atoms with Crippen LogP contribution in [-0.2, 0) is 5.41 Å². The number of unbranched alkanes of at least 4 members (excludes halogenated alkanes) is 8. The quantitative estimate of drug-likeness (QED) is 0.0688. The monoisotopic (exact) mass is 608 g/mol. The highest BCUT2D eigenvalue weighted by Crippen LogP contribution is 2.37. The van der Waals surface area contributed by atoms with Gasteiger partial charge in [-0.15, -0.1) is 25.5 Å². The normalized spacial score (nSPS) is 13.1. The summed E-state index contributed by atoms with van der Waals surface area (Å²) >= 11 is 3.34. The molecule has 1 atom stereocenters. The summed E-state index contributed by atoms with van der Waals surface area (Å²) in [7, 11) is 0. The van der Waals surface area contributed by atoms with Gasteiger partial charge in [-0.05, 0) is 18.8 Å². The lowest BCUT2D eigenvalue weighted by atomic mass is 9.91. The molecule has 0 bridgehead atoms. The maximum atomic E-state index is 4.79. The molecule has 0 aliphatic heterocycles. The Labute approximate surface area is 259 Å². The predicted octanol–water partition coefficient (Wildman–Crippen LogP) is 10.7. The molecule has 42 heavy (non-hydrogen) atoms. The number of aromatic amines is 1. The third kappa shape index (κ3) is 9.46. The molecule has 4 rings (SSSR count). The molecule has 3 aromatic heterocycles. The molecule has 0 spiro atoms. The second-order valence-electron chi connectivity index (χ2n) is 12.3. The maximum absolute atomic E-state index is 4.79. The molecule has 0 amide bonds. The molecule has 8 nitrogen and oxygen atoms in total. The number of benzene rings is 1. The third-order valence-electron chi connectivity index (χ3n) is 7.56. The second kappa shape index (κ2) is 16.3. The van der Waals surface area contributed by atoms with E-state index in [1.165, 1.54) is 88.4 Å². The van der Waals surface area contributed by atoms with E-state index in [1.54, 1.807) is 4.63 Å². The topological polar surface area (TPSA) is 96.5 Å². The molecule has 1 aromatic carbocycles. The van der Waals surface area contributed by atoms with Crippen molar-refractivity contribution in [1.82, 2.24) is 30.0 Å². The Hall–Kier alpha value is -2.59. The van der Waals surface area contributed by atoms with Crippen LogP contribution in [0.5, 0.6) is 0 Å². The molecule has 4 aromatic rings. The molecule has 1 unspecified atom stereocenters. The van der Waals surface area contributed by atoms with Crippen LogP contribution >= 0.6 is 23.1 Å². The van der Waals surface area contributed by atoms with Crippen molar-refractivity contribution >= 4 is 39.6 Å². The Morgan fingerprint density at radius 3 is 2.24 bits per heavy atom. The maximum Gasteiger partial charge on any atom is 0.252 e. The summed E-state index contributed by atoms with van der Waals surface area (Å²) in [5.41, 5.74) is 3.05. The highest BCUT2D eigenvalue weighted by atomic mass is 32.2. The van der Waals surface area contributed by atoms with Gasteiger partial charge in [0.25, 0.3) is 5.13 Å². The molecular weight excluding hydrogens is 561 g/mol. The molecule has 0 aliphatic rings. The average Bonchev–Trinajstić information content (AvgIpc) is 3.70. The van der Waals surface area contributed by atoms with Crippen LogP contribution in [0.3, 0.4) is 0 Å². The first-order valence-electron chi connectivity index (χ1n) is 15.8. The number of hydrogen-bond donors (Lipinski definition) is 1. The van der Waals surface area contributed by atoms with E-state index in [-0.39, 0.29) is 5.41 Å². The summed E-state index contributed by atoms with van der Waals surface area (Å²) in [5, 5.41) is 26.6. The molecule has 0 fully saturated rings. The minimum absolute atomic E-state index is 0.187. The van der Waals surface area contributed by atoms with Crippen LogP contribution in [0, 0.1) is 5.92 Å². The van der Waals surface area contributed by atoms with E-state index in [0.717, 1.165) is 27.3 Å². The Morgan fingerprint density at radius 1 is 0.881 bits per heavy atom. The van der Waals surface area contributed by atoms with Gasteiger partial charge in [-0.1, -0.05) is 152 Å². The van der Waals surface area contributed by atoms with Crippen molar-refractivity contribution in [2.75, 3.05) is 5.75 Å². The van der Waals surface area contributed by atoms with E-state index in [0.29, 0.717) is 22.3 Å².